The van der Waals surface area contributed by atoms with Crippen LogP contribution in [0, 0.1) is 0 Å². The molecule has 1 fully saturated rings. The van der Waals surface area contributed by atoms with Crippen molar-refractivity contribution in [3.8, 4) is 0 Å². The maximum Gasteiger partial charge on any atom is 0.191 e. The molecule has 5 nitrogen and oxygen atoms in total. The van der Waals surface area contributed by atoms with Gasteiger partial charge in [0.15, 0.2) is 5.96 Å². The second kappa shape index (κ2) is 10.3. The van der Waals surface area contributed by atoms with Crippen LogP contribution >= 0.6 is 24.0 Å². The number of ether oxygens (including phenoxy) is 1. The summed E-state index contributed by atoms with van der Waals surface area (Å²) in [4.78, 5) is 7.24. The van der Waals surface area contributed by atoms with Crippen LogP contribution in [0.2, 0.25) is 0 Å². The zero-order valence-corrected chi connectivity index (χ0v) is 17.7. The number of morpholine rings is 1. The van der Waals surface area contributed by atoms with Gasteiger partial charge in [0.1, 0.15) is 0 Å². The maximum absolute atomic E-state index is 5.42. The van der Waals surface area contributed by atoms with Gasteiger partial charge in [-0.2, -0.15) is 0 Å². The molecule has 0 radical (unpaired) electrons. The van der Waals surface area contributed by atoms with E-state index in [1.165, 1.54) is 17.5 Å². The van der Waals surface area contributed by atoms with Crippen molar-refractivity contribution in [2.45, 2.75) is 32.2 Å². The molecule has 2 unspecified atom stereocenters. The van der Waals surface area contributed by atoms with Gasteiger partial charge in [0.25, 0.3) is 0 Å². The van der Waals surface area contributed by atoms with Crippen molar-refractivity contribution < 1.29 is 4.74 Å². The monoisotopic (exact) mass is 458 g/mol. The van der Waals surface area contributed by atoms with E-state index in [1.54, 1.807) is 0 Å². The van der Waals surface area contributed by atoms with Gasteiger partial charge in [-0.3, -0.25) is 9.89 Å². The number of hydrogen-bond acceptors (Lipinski definition) is 3. The number of aliphatic imine (C=N–C) groups is 1. The molecule has 2 N–H and O–H groups in total. The Bertz CT molecular complexity index is 560. The summed E-state index contributed by atoms with van der Waals surface area (Å²) in [7, 11) is 0. The van der Waals surface area contributed by atoms with E-state index >= 15 is 0 Å². The van der Waals surface area contributed by atoms with E-state index in [4.69, 9.17) is 9.73 Å². The third kappa shape index (κ3) is 5.56. The first kappa shape index (κ1) is 20.5. The summed E-state index contributed by atoms with van der Waals surface area (Å²) in [5, 5.41) is 6.88. The Hall–Kier alpha value is -0.860. The van der Waals surface area contributed by atoms with Crippen molar-refractivity contribution in [3.63, 3.8) is 0 Å². The molecule has 0 aromatic heterocycles. The molecule has 2 aliphatic rings. The number of halogens is 1. The van der Waals surface area contributed by atoms with E-state index in [2.05, 4.69) is 53.6 Å². The molecule has 0 amide bonds. The summed E-state index contributed by atoms with van der Waals surface area (Å²) >= 11 is 0. The molecule has 1 heterocycles. The van der Waals surface area contributed by atoms with Crippen molar-refractivity contribution >= 4 is 29.9 Å². The van der Waals surface area contributed by atoms with Crippen LogP contribution in [-0.4, -0.2) is 62.8 Å². The molecule has 2 atom stereocenters. The van der Waals surface area contributed by atoms with Gasteiger partial charge in [-0.25, -0.2) is 0 Å². The van der Waals surface area contributed by atoms with Gasteiger partial charge in [0.2, 0.25) is 0 Å². The van der Waals surface area contributed by atoms with Crippen molar-refractivity contribution in [1.82, 2.24) is 15.5 Å². The number of rotatable bonds is 6. The summed E-state index contributed by atoms with van der Waals surface area (Å²) in [6.07, 6.45) is 1.17. The summed E-state index contributed by atoms with van der Waals surface area (Å²) in [5.74, 6) is 1.55. The molecule has 25 heavy (non-hydrogen) atoms. The first-order valence-electron chi connectivity index (χ1n) is 9.19. The number of nitrogens with zero attached hydrogens (tertiary/aromatic N) is 2. The van der Waals surface area contributed by atoms with E-state index in [-0.39, 0.29) is 24.0 Å². The molecule has 140 valence electrons. The van der Waals surface area contributed by atoms with E-state index in [0.29, 0.717) is 12.0 Å². The van der Waals surface area contributed by atoms with Gasteiger partial charge in [0.05, 0.1) is 19.8 Å². The molecule has 1 saturated heterocycles. The summed E-state index contributed by atoms with van der Waals surface area (Å²) in [5.41, 5.74) is 2.98. The van der Waals surface area contributed by atoms with Crippen molar-refractivity contribution in [2.24, 2.45) is 4.99 Å². The van der Waals surface area contributed by atoms with Crippen LogP contribution in [0.5, 0.6) is 0 Å². The first-order chi connectivity index (χ1) is 11.8. The fourth-order valence-electron chi connectivity index (χ4n) is 3.46. The predicted octanol–water partition coefficient (Wildman–Crippen LogP) is 2.22. The number of fused-ring (bicyclic) bond motifs is 1. The lowest BCUT2D eigenvalue weighted by atomic mass is 9.78. The zero-order valence-electron chi connectivity index (χ0n) is 15.3. The van der Waals surface area contributed by atoms with Crippen LogP contribution in [0.3, 0.4) is 0 Å². The van der Waals surface area contributed by atoms with E-state index in [0.717, 1.165) is 51.9 Å². The second-order valence-electron chi connectivity index (χ2n) is 6.70. The Kier molecular flexibility index (Phi) is 8.45. The van der Waals surface area contributed by atoms with Gasteiger partial charge in [-0.15, -0.1) is 24.0 Å². The minimum Gasteiger partial charge on any atom is -0.379 e. The standard InChI is InChI=1S/C19H30N4O.HI/c1-3-20-19(21-13-15(2)23-8-10-24-11-9-23)22-14-17-12-16-6-4-5-7-18(16)17;/h4-7,15,17H,3,8-14H2,1-2H3,(H2,20,21,22);1H. The average molecular weight is 458 g/mol. The third-order valence-electron chi connectivity index (χ3n) is 5.00. The van der Waals surface area contributed by atoms with Crippen molar-refractivity contribution in [2.75, 3.05) is 45.9 Å². The Morgan fingerprint density at radius 1 is 1.28 bits per heavy atom. The van der Waals surface area contributed by atoms with Gasteiger partial charge in [-0.1, -0.05) is 24.3 Å². The minimum absolute atomic E-state index is 0. The summed E-state index contributed by atoms with van der Waals surface area (Å²) < 4.78 is 5.42. The first-order valence-corrected chi connectivity index (χ1v) is 9.19. The lowest BCUT2D eigenvalue weighted by Crippen LogP contribution is -2.45. The van der Waals surface area contributed by atoms with Crippen LogP contribution < -0.4 is 10.6 Å². The van der Waals surface area contributed by atoms with Crippen LogP contribution in [0.1, 0.15) is 30.9 Å². The van der Waals surface area contributed by atoms with Gasteiger partial charge >= 0.3 is 0 Å². The van der Waals surface area contributed by atoms with Gasteiger partial charge in [0, 0.05) is 38.1 Å². The smallest absolute Gasteiger partial charge is 0.191 e. The Labute approximate surface area is 168 Å². The predicted molar refractivity (Wildman–Crippen MR) is 114 cm³/mol. The largest absolute Gasteiger partial charge is 0.379 e. The molecule has 1 aliphatic heterocycles. The Morgan fingerprint density at radius 2 is 2.04 bits per heavy atom. The fourth-order valence-corrected chi connectivity index (χ4v) is 3.46. The lowest BCUT2D eigenvalue weighted by molar-refractivity contribution is 0.0220. The van der Waals surface area contributed by atoms with Gasteiger partial charge < -0.3 is 15.4 Å². The van der Waals surface area contributed by atoms with Crippen molar-refractivity contribution in [3.05, 3.63) is 35.4 Å². The summed E-state index contributed by atoms with van der Waals surface area (Å²) in [6, 6.07) is 9.19. The van der Waals surface area contributed by atoms with E-state index < -0.39 is 0 Å². The van der Waals surface area contributed by atoms with Gasteiger partial charge in [-0.05, 0) is 31.4 Å². The van der Waals surface area contributed by atoms with Crippen LogP contribution in [0.4, 0.5) is 0 Å². The molecule has 1 aliphatic carbocycles. The Morgan fingerprint density at radius 3 is 2.76 bits per heavy atom. The normalized spacial score (nSPS) is 21.5. The number of benzene rings is 1. The van der Waals surface area contributed by atoms with Crippen LogP contribution in [0.25, 0.3) is 0 Å². The third-order valence-corrected chi connectivity index (χ3v) is 5.00. The van der Waals surface area contributed by atoms with Crippen LogP contribution in [0.15, 0.2) is 29.3 Å². The molecule has 0 bridgehead atoms. The molecule has 0 spiro atoms. The Balaban J connectivity index is 0.00000225. The molecular formula is C19H31IN4O. The fraction of sp³-hybridized carbons (Fsp3) is 0.632. The highest BCUT2D eigenvalue weighted by atomic mass is 127. The minimum atomic E-state index is 0. The molecule has 3 rings (SSSR count). The lowest BCUT2D eigenvalue weighted by Gasteiger charge is -2.32. The highest BCUT2D eigenvalue weighted by Gasteiger charge is 2.25. The summed E-state index contributed by atoms with van der Waals surface area (Å²) in [6.45, 7) is 10.7. The highest BCUT2D eigenvalue weighted by molar-refractivity contribution is 14.0. The molecular weight excluding hydrogens is 427 g/mol. The zero-order chi connectivity index (χ0) is 16.8. The molecule has 1 aromatic carbocycles. The highest BCUT2D eigenvalue weighted by Crippen LogP contribution is 2.33. The SMILES string of the molecule is CCNC(=NCC(C)N1CCOCC1)NCC1Cc2ccccc21.I. The molecule has 0 saturated carbocycles. The van der Waals surface area contributed by atoms with E-state index in [9.17, 15) is 0 Å². The van der Waals surface area contributed by atoms with Crippen LogP contribution in [-0.2, 0) is 11.2 Å². The topological polar surface area (TPSA) is 48.9 Å². The maximum atomic E-state index is 5.42. The average Bonchev–Trinajstić information content (AvgIpc) is 2.60. The molecule has 1 aromatic rings. The number of hydrogen-bond donors (Lipinski definition) is 2. The molecule has 6 heteroatoms. The second-order valence-corrected chi connectivity index (χ2v) is 6.70. The number of nitrogens with one attached hydrogen (secondary N) is 2. The van der Waals surface area contributed by atoms with E-state index in [1.807, 2.05) is 0 Å². The quantitative estimate of drug-likeness (QED) is 0.390. The van der Waals surface area contributed by atoms with Crippen molar-refractivity contribution in [1.29, 1.82) is 0 Å². The number of guanidine groups is 1.